The predicted octanol–water partition coefficient (Wildman–Crippen LogP) is 1.45. The summed E-state index contributed by atoms with van der Waals surface area (Å²) in [6, 6.07) is 3.82. The Morgan fingerprint density at radius 2 is 2.26 bits per heavy atom. The molecule has 1 aliphatic heterocycles. The molecular weight excluding hydrogens is 312 g/mol. The van der Waals surface area contributed by atoms with Crippen LogP contribution in [0, 0.1) is 0 Å². The van der Waals surface area contributed by atoms with Crippen LogP contribution in [0.4, 0.5) is 5.95 Å². The van der Waals surface area contributed by atoms with Crippen molar-refractivity contribution in [2.24, 2.45) is 0 Å². The summed E-state index contributed by atoms with van der Waals surface area (Å²) >= 11 is 3.45. The van der Waals surface area contributed by atoms with Gasteiger partial charge in [-0.25, -0.2) is 4.52 Å². The van der Waals surface area contributed by atoms with Gasteiger partial charge in [-0.1, -0.05) is 0 Å². The number of pyridine rings is 1. The number of nitrogens with zero attached hydrogens (tertiary/aromatic N) is 3. The van der Waals surface area contributed by atoms with Gasteiger partial charge in [0.2, 0.25) is 5.95 Å². The van der Waals surface area contributed by atoms with E-state index in [9.17, 15) is 5.11 Å². The molecule has 1 aliphatic rings. The van der Waals surface area contributed by atoms with Gasteiger partial charge in [-0.15, -0.1) is 5.10 Å². The minimum absolute atomic E-state index is 0.0487. The summed E-state index contributed by atoms with van der Waals surface area (Å²) in [6.07, 6.45) is 3.34. The lowest BCUT2D eigenvalue weighted by atomic mass is 9.91. The van der Waals surface area contributed by atoms with Crippen molar-refractivity contribution < 1.29 is 9.84 Å². The average Bonchev–Trinajstić information content (AvgIpc) is 2.83. The van der Waals surface area contributed by atoms with Crippen molar-refractivity contribution in [2.75, 3.05) is 25.1 Å². The van der Waals surface area contributed by atoms with Crippen LogP contribution in [0.15, 0.2) is 22.8 Å². The molecule has 3 heterocycles. The number of hydrogen-bond donors (Lipinski definition) is 2. The first-order valence-corrected chi connectivity index (χ1v) is 6.99. The minimum atomic E-state index is -0.379. The second-order valence-electron chi connectivity index (χ2n) is 4.74. The van der Waals surface area contributed by atoms with Crippen LogP contribution in [-0.4, -0.2) is 45.1 Å². The lowest BCUT2D eigenvalue weighted by Crippen LogP contribution is -2.47. The highest BCUT2D eigenvalue weighted by Crippen LogP contribution is 2.25. The molecule has 2 aromatic rings. The number of halogens is 1. The van der Waals surface area contributed by atoms with Crippen molar-refractivity contribution in [1.29, 1.82) is 0 Å². The number of aliphatic hydroxyl groups excluding tert-OH is 1. The molecular formula is C12H15BrN4O2. The van der Waals surface area contributed by atoms with E-state index in [4.69, 9.17) is 4.74 Å². The van der Waals surface area contributed by atoms with Crippen molar-refractivity contribution in [3.05, 3.63) is 22.8 Å². The zero-order valence-electron chi connectivity index (χ0n) is 10.3. The Morgan fingerprint density at radius 3 is 2.95 bits per heavy atom. The Bertz CT molecular complexity index is 580. The standard InChI is InChI=1S/C12H15BrN4O2/c13-9-2-1-5-17-10(9)14-11(16-17)15-12(8-18)3-6-19-7-4-12/h1-2,5,18H,3-4,6-8H2,(H,15,16). The number of aromatic nitrogens is 3. The lowest BCUT2D eigenvalue weighted by Gasteiger charge is -2.35. The molecule has 0 unspecified atom stereocenters. The van der Waals surface area contributed by atoms with Crippen LogP contribution in [0.1, 0.15) is 12.8 Å². The average molecular weight is 327 g/mol. The van der Waals surface area contributed by atoms with E-state index in [0.717, 1.165) is 23.0 Å². The van der Waals surface area contributed by atoms with Crippen molar-refractivity contribution in [2.45, 2.75) is 18.4 Å². The fourth-order valence-electron chi connectivity index (χ4n) is 2.25. The van der Waals surface area contributed by atoms with E-state index in [2.05, 4.69) is 31.3 Å². The molecule has 19 heavy (non-hydrogen) atoms. The molecule has 1 saturated heterocycles. The van der Waals surface area contributed by atoms with E-state index >= 15 is 0 Å². The van der Waals surface area contributed by atoms with Crippen LogP contribution < -0.4 is 5.32 Å². The van der Waals surface area contributed by atoms with Crippen molar-refractivity contribution in [1.82, 2.24) is 14.6 Å². The van der Waals surface area contributed by atoms with Gasteiger partial charge >= 0.3 is 0 Å². The second-order valence-corrected chi connectivity index (χ2v) is 5.59. The van der Waals surface area contributed by atoms with Gasteiger partial charge in [-0.05, 0) is 40.9 Å². The molecule has 6 nitrogen and oxygen atoms in total. The zero-order chi connectivity index (χ0) is 13.3. The van der Waals surface area contributed by atoms with Crippen molar-refractivity contribution in [3.8, 4) is 0 Å². The third kappa shape index (κ3) is 2.45. The first kappa shape index (κ1) is 12.8. The van der Waals surface area contributed by atoms with Crippen LogP contribution in [0.5, 0.6) is 0 Å². The molecule has 1 fully saturated rings. The van der Waals surface area contributed by atoms with E-state index in [1.807, 2.05) is 18.3 Å². The van der Waals surface area contributed by atoms with E-state index in [1.165, 1.54) is 0 Å². The molecule has 2 N–H and O–H groups in total. The van der Waals surface area contributed by atoms with Crippen LogP contribution >= 0.6 is 15.9 Å². The minimum Gasteiger partial charge on any atom is -0.394 e. The predicted molar refractivity (Wildman–Crippen MR) is 74.2 cm³/mol. The molecule has 102 valence electrons. The van der Waals surface area contributed by atoms with Crippen LogP contribution in [0.25, 0.3) is 5.65 Å². The third-order valence-corrected chi connectivity index (χ3v) is 4.06. The van der Waals surface area contributed by atoms with Gasteiger partial charge in [0.05, 0.1) is 16.6 Å². The molecule has 0 atom stereocenters. The third-order valence-electron chi connectivity index (χ3n) is 3.44. The summed E-state index contributed by atoms with van der Waals surface area (Å²) in [5.74, 6) is 0.530. The Labute approximate surface area is 118 Å². The second kappa shape index (κ2) is 5.07. The number of nitrogens with one attached hydrogen (secondary N) is 1. The monoisotopic (exact) mass is 326 g/mol. The maximum atomic E-state index is 9.64. The van der Waals surface area contributed by atoms with Gasteiger partial charge in [0, 0.05) is 19.4 Å². The smallest absolute Gasteiger partial charge is 0.243 e. The molecule has 0 spiro atoms. The summed E-state index contributed by atoms with van der Waals surface area (Å²) in [5, 5.41) is 17.3. The summed E-state index contributed by atoms with van der Waals surface area (Å²) in [6.45, 7) is 1.34. The summed E-state index contributed by atoms with van der Waals surface area (Å²) in [7, 11) is 0. The van der Waals surface area contributed by atoms with E-state index in [-0.39, 0.29) is 12.1 Å². The highest BCUT2D eigenvalue weighted by atomic mass is 79.9. The van der Waals surface area contributed by atoms with Crippen molar-refractivity contribution in [3.63, 3.8) is 0 Å². The molecule has 7 heteroatoms. The number of aliphatic hydroxyl groups is 1. The highest BCUT2D eigenvalue weighted by Gasteiger charge is 2.33. The van der Waals surface area contributed by atoms with Crippen LogP contribution in [0.2, 0.25) is 0 Å². The number of rotatable bonds is 3. The van der Waals surface area contributed by atoms with Gasteiger partial charge in [-0.2, -0.15) is 4.98 Å². The SMILES string of the molecule is OCC1(Nc2nc3c(Br)cccn3n2)CCOCC1. The number of anilines is 1. The Morgan fingerprint density at radius 1 is 1.47 bits per heavy atom. The van der Waals surface area contributed by atoms with Gasteiger partial charge in [0.25, 0.3) is 0 Å². The number of fused-ring (bicyclic) bond motifs is 1. The lowest BCUT2D eigenvalue weighted by molar-refractivity contribution is 0.0377. The molecule has 0 saturated carbocycles. The van der Waals surface area contributed by atoms with Gasteiger partial charge in [0.1, 0.15) is 0 Å². The first-order chi connectivity index (χ1) is 9.22. The summed E-state index contributed by atoms with van der Waals surface area (Å²) in [5.41, 5.74) is 0.375. The molecule has 0 aliphatic carbocycles. The van der Waals surface area contributed by atoms with Gasteiger partial charge in [0.15, 0.2) is 5.65 Å². The number of hydrogen-bond acceptors (Lipinski definition) is 5. The first-order valence-electron chi connectivity index (χ1n) is 6.20. The Balaban J connectivity index is 1.89. The fraction of sp³-hybridized carbons (Fsp3) is 0.500. The Hall–Kier alpha value is -1.18. The topological polar surface area (TPSA) is 71.7 Å². The van der Waals surface area contributed by atoms with Crippen LogP contribution in [-0.2, 0) is 4.74 Å². The molecule has 3 rings (SSSR count). The quantitative estimate of drug-likeness (QED) is 0.893. The van der Waals surface area contributed by atoms with Crippen LogP contribution in [0.3, 0.4) is 0 Å². The van der Waals surface area contributed by atoms with E-state index in [0.29, 0.717) is 19.2 Å². The molecule has 2 aromatic heterocycles. The molecule has 0 radical (unpaired) electrons. The largest absolute Gasteiger partial charge is 0.394 e. The van der Waals surface area contributed by atoms with E-state index in [1.54, 1.807) is 4.52 Å². The molecule has 0 aromatic carbocycles. The molecule has 0 bridgehead atoms. The molecule has 0 amide bonds. The summed E-state index contributed by atoms with van der Waals surface area (Å²) < 4.78 is 7.93. The zero-order valence-corrected chi connectivity index (χ0v) is 11.9. The highest BCUT2D eigenvalue weighted by molar-refractivity contribution is 9.10. The fourth-order valence-corrected chi connectivity index (χ4v) is 2.67. The van der Waals surface area contributed by atoms with E-state index < -0.39 is 0 Å². The maximum absolute atomic E-state index is 9.64. The van der Waals surface area contributed by atoms with Crippen molar-refractivity contribution >= 4 is 27.5 Å². The van der Waals surface area contributed by atoms with Gasteiger partial charge in [-0.3, -0.25) is 0 Å². The summed E-state index contributed by atoms with van der Waals surface area (Å²) in [4.78, 5) is 4.44. The maximum Gasteiger partial charge on any atom is 0.243 e. The normalized spacial score (nSPS) is 18.6. The Kier molecular flexibility index (Phi) is 3.42. The van der Waals surface area contributed by atoms with Gasteiger partial charge < -0.3 is 15.2 Å². The number of ether oxygens (including phenoxy) is 1.